The minimum Gasteiger partial charge on any atom is -0.299 e. The molecule has 2 aliphatic rings. The Morgan fingerprint density at radius 2 is 1.95 bits per heavy atom. The van der Waals surface area contributed by atoms with Crippen molar-refractivity contribution >= 4 is 12.2 Å². The van der Waals surface area contributed by atoms with E-state index in [1.165, 1.54) is 16.8 Å². The summed E-state index contributed by atoms with van der Waals surface area (Å²) in [6.07, 6.45) is 6.29. The number of halogens is 3. The molecule has 218 valence electrons. The number of likely N-dealkylation sites (tertiary alicyclic amines) is 1. The zero-order valence-electron chi connectivity index (χ0n) is 24.0. The van der Waals surface area contributed by atoms with E-state index in [-0.39, 0.29) is 11.4 Å². The van der Waals surface area contributed by atoms with Gasteiger partial charge in [-0.2, -0.15) is 13.2 Å². The van der Waals surface area contributed by atoms with Crippen LogP contribution in [0.2, 0.25) is 0 Å². The third kappa shape index (κ3) is 5.98. The van der Waals surface area contributed by atoms with E-state index < -0.39 is 17.4 Å². The molecule has 0 amide bonds. The lowest BCUT2D eigenvalue weighted by Crippen LogP contribution is -2.34. The van der Waals surface area contributed by atoms with Gasteiger partial charge < -0.3 is 0 Å². The molecule has 0 N–H and O–H groups in total. The van der Waals surface area contributed by atoms with Crippen LogP contribution >= 0.6 is 0 Å². The fourth-order valence-electron chi connectivity index (χ4n) is 6.54. The van der Waals surface area contributed by atoms with Gasteiger partial charge in [0.15, 0.2) is 0 Å². The van der Waals surface area contributed by atoms with Gasteiger partial charge in [0.05, 0.1) is 16.8 Å². The van der Waals surface area contributed by atoms with Gasteiger partial charge in [0, 0.05) is 37.6 Å². The molecule has 1 aliphatic heterocycles. The first-order valence-corrected chi connectivity index (χ1v) is 14.6. The maximum atomic E-state index is 14.3. The molecule has 1 saturated heterocycles. The number of aromatic nitrogens is 2. The van der Waals surface area contributed by atoms with Crippen LogP contribution in [-0.4, -0.2) is 33.7 Å². The SMILES string of the molecule is C=N/C=C(/CC)C(=C)[C@@H](c1cccc(-n2cc3c(C(F)(F)F)cc(CN4CCC[C@H](C)C4)cn3c2=O)c1)C1CCC1. The van der Waals surface area contributed by atoms with Crippen LogP contribution in [0.1, 0.15) is 75.0 Å². The highest BCUT2D eigenvalue weighted by atomic mass is 19.4. The first-order valence-electron chi connectivity index (χ1n) is 14.6. The van der Waals surface area contributed by atoms with Crippen molar-refractivity contribution in [2.75, 3.05) is 13.1 Å². The molecule has 1 saturated carbocycles. The van der Waals surface area contributed by atoms with Crippen LogP contribution < -0.4 is 5.69 Å². The standard InChI is InChI=1S/C33H39F3N4O/c1-5-25(17-37-4)23(3)31(26-10-6-11-26)27-12-7-13-28(16-27)39-21-30-29(33(34,35)36)15-24(20-40(30)32(39)41)19-38-14-8-9-22(2)18-38/h7,12-13,15-17,20-22,26,31H,3-6,8-11,14,18-19H2,1-2H3/b25-17-/t22-,31+/m0/s1. The smallest absolute Gasteiger partial charge is 0.299 e. The summed E-state index contributed by atoms with van der Waals surface area (Å²) in [6.45, 7) is 14.3. The lowest BCUT2D eigenvalue weighted by molar-refractivity contribution is -0.136. The van der Waals surface area contributed by atoms with E-state index in [4.69, 9.17) is 0 Å². The predicted molar refractivity (Wildman–Crippen MR) is 159 cm³/mol. The Bertz CT molecular complexity index is 1530. The molecule has 3 aromatic rings. The third-order valence-electron chi connectivity index (χ3n) is 8.82. The maximum Gasteiger partial charge on any atom is 0.418 e. The largest absolute Gasteiger partial charge is 0.418 e. The van der Waals surface area contributed by atoms with Gasteiger partial charge in [0.25, 0.3) is 0 Å². The lowest BCUT2D eigenvalue weighted by Gasteiger charge is -2.36. The van der Waals surface area contributed by atoms with Gasteiger partial charge in [-0.3, -0.25) is 18.9 Å². The second-order valence-electron chi connectivity index (χ2n) is 11.8. The molecule has 0 spiro atoms. The Morgan fingerprint density at radius 3 is 2.59 bits per heavy atom. The number of benzene rings is 1. The monoisotopic (exact) mass is 564 g/mol. The average Bonchev–Trinajstić information content (AvgIpc) is 3.24. The van der Waals surface area contributed by atoms with Crippen molar-refractivity contribution in [2.24, 2.45) is 16.8 Å². The number of piperidine rings is 1. The van der Waals surface area contributed by atoms with E-state index in [2.05, 4.69) is 37.0 Å². The van der Waals surface area contributed by atoms with E-state index in [0.29, 0.717) is 29.6 Å². The highest BCUT2D eigenvalue weighted by Gasteiger charge is 2.35. The molecule has 5 nitrogen and oxygen atoms in total. The van der Waals surface area contributed by atoms with Crippen molar-refractivity contribution in [3.8, 4) is 5.69 Å². The average molecular weight is 565 g/mol. The number of alkyl halides is 3. The molecule has 8 heteroatoms. The van der Waals surface area contributed by atoms with Crippen molar-refractivity contribution < 1.29 is 13.2 Å². The Hall–Kier alpha value is -3.39. The fourth-order valence-corrected chi connectivity index (χ4v) is 6.54. The summed E-state index contributed by atoms with van der Waals surface area (Å²) in [6, 6.07) is 8.79. The third-order valence-corrected chi connectivity index (χ3v) is 8.82. The van der Waals surface area contributed by atoms with E-state index in [9.17, 15) is 18.0 Å². The minimum absolute atomic E-state index is 0.0358. The second-order valence-corrected chi connectivity index (χ2v) is 11.8. The molecule has 0 radical (unpaired) electrons. The van der Waals surface area contributed by atoms with Crippen molar-refractivity contribution in [1.29, 1.82) is 0 Å². The first kappa shape index (κ1) is 29.1. The Morgan fingerprint density at radius 1 is 1.17 bits per heavy atom. The molecule has 1 aromatic carbocycles. The summed E-state index contributed by atoms with van der Waals surface area (Å²) in [5.74, 6) is 0.954. The zero-order valence-corrected chi connectivity index (χ0v) is 24.0. The number of fused-ring (bicyclic) bond motifs is 1. The number of aliphatic imine (C=N–C) groups is 1. The van der Waals surface area contributed by atoms with Crippen molar-refractivity contribution in [3.63, 3.8) is 0 Å². The van der Waals surface area contributed by atoms with Crippen LogP contribution in [0.15, 0.2) is 76.4 Å². The first-order chi connectivity index (χ1) is 19.6. The molecule has 1 aliphatic carbocycles. The summed E-state index contributed by atoms with van der Waals surface area (Å²) in [7, 11) is 0. The lowest BCUT2D eigenvalue weighted by atomic mass is 9.68. The molecule has 41 heavy (non-hydrogen) atoms. The van der Waals surface area contributed by atoms with Crippen molar-refractivity contribution in [1.82, 2.24) is 13.9 Å². The molecular weight excluding hydrogens is 525 g/mol. The van der Waals surface area contributed by atoms with Crippen LogP contribution in [0.4, 0.5) is 13.2 Å². The van der Waals surface area contributed by atoms with Gasteiger partial charge in [-0.15, -0.1) is 0 Å². The molecule has 0 unspecified atom stereocenters. The molecule has 2 fully saturated rings. The topological polar surface area (TPSA) is 42.0 Å². The summed E-state index contributed by atoms with van der Waals surface area (Å²) in [4.78, 5) is 19.8. The fraction of sp³-hybridized carbons (Fsp3) is 0.455. The molecular formula is C33H39F3N4O. The van der Waals surface area contributed by atoms with Gasteiger partial charge in [0.1, 0.15) is 0 Å². The van der Waals surface area contributed by atoms with Crippen LogP contribution in [0.3, 0.4) is 0 Å². The number of allylic oxidation sites excluding steroid dienone is 2. The summed E-state index contributed by atoms with van der Waals surface area (Å²) >= 11 is 0. The zero-order chi connectivity index (χ0) is 29.3. The highest BCUT2D eigenvalue weighted by molar-refractivity contribution is 5.58. The summed E-state index contributed by atoms with van der Waals surface area (Å²) < 4.78 is 45.3. The van der Waals surface area contributed by atoms with E-state index in [1.54, 1.807) is 18.5 Å². The summed E-state index contributed by atoms with van der Waals surface area (Å²) in [5, 5.41) is 0. The van der Waals surface area contributed by atoms with Crippen LogP contribution in [0.5, 0.6) is 0 Å². The molecule has 5 rings (SSSR count). The quantitative estimate of drug-likeness (QED) is 0.197. The maximum absolute atomic E-state index is 14.3. The van der Waals surface area contributed by atoms with Crippen LogP contribution in [-0.2, 0) is 12.7 Å². The number of pyridine rings is 1. The Kier molecular flexibility index (Phi) is 8.41. The Labute approximate surface area is 239 Å². The number of hydrogen-bond acceptors (Lipinski definition) is 3. The number of nitrogens with zero attached hydrogens (tertiary/aromatic N) is 4. The van der Waals surface area contributed by atoms with E-state index >= 15 is 0 Å². The number of rotatable bonds is 9. The molecule has 2 atom stereocenters. The van der Waals surface area contributed by atoms with E-state index in [1.807, 2.05) is 18.2 Å². The minimum atomic E-state index is -4.59. The van der Waals surface area contributed by atoms with Crippen LogP contribution in [0.25, 0.3) is 11.2 Å². The van der Waals surface area contributed by atoms with Crippen LogP contribution in [0, 0.1) is 11.8 Å². The number of imidazole rings is 1. The normalized spacial score (nSPS) is 19.7. The summed E-state index contributed by atoms with van der Waals surface area (Å²) in [5.41, 5.74) is 2.59. The molecule has 2 aromatic heterocycles. The van der Waals surface area contributed by atoms with Gasteiger partial charge >= 0.3 is 11.9 Å². The van der Waals surface area contributed by atoms with Gasteiger partial charge in [-0.25, -0.2) is 4.79 Å². The second kappa shape index (κ2) is 11.8. The van der Waals surface area contributed by atoms with Crippen molar-refractivity contribution in [2.45, 2.75) is 71.0 Å². The Balaban J connectivity index is 1.57. The van der Waals surface area contributed by atoms with Crippen molar-refractivity contribution in [3.05, 3.63) is 93.8 Å². The highest BCUT2D eigenvalue weighted by Crippen LogP contribution is 2.45. The van der Waals surface area contributed by atoms with Gasteiger partial charge in [-0.1, -0.05) is 39.0 Å². The molecule has 3 heterocycles. The van der Waals surface area contributed by atoms with E-state index in [0.717, 1.165) is 72.7 Å². The van der Waals surface area contributed by atoms with Gasteiger partial charge in [-0.05, 0) is 97.7 Å². The van der Waals surface area contributed by atoms with Gasteiger partial charge in [0.2, 0.25) is 0 Å². The number of hydrogen-bond donors (Lipinski definition) is 0. The molecule has 0 bridgehead atoms. The predicted octanol–water partition coefficient (Wildman–Crippen LogP) is 7.78.